The molecule has 0 bridgehead atoms. The Kier molecular flexibility index (Phi) is 4.65. The number of hydrogen-bond donors (Lipinski definition) is 1. The molecule has 4 nitrogen and oxygen atoms in total. The fourth-order valence-electron chi connectivity index (χ4n) is 2.32. The molecule has 0 radical (unpaired) electrons. The zero-order valence-corrected chi connectivity index (χ0v) is 12.6. The lowest BCUT2D eigenvalue weighted by Crippen LogP contribution is -2.24. The minimum Gasteiger partial charge on any atom is -0.434 e. The second-order valence-corrected chi connectivity index (χ2v) is 5.06. The van der Waals surface area contributed by atoms with E-state index in [4.69, 9.17) is 0 Å². The number of rotatable bonds is 5. The Balaban J connectivity index is 1.73. The van der Waals surface area contributed by atoms with Crippen LogP contribution in [-0.4, -0.2) is 17.5 Å². The van der Waals surface area contributed by atoms with Gasteiger partial charge in [0.1, 0.15) is 11.4 Å². The first kappa shape index (κ1) is 15.9. The molecule has 1 N–H and O–H groups in total. The lowest BCUT2D eigenvalue weighted by molar-refractivity contribution is -0.0504. The highest BCUT2D eigenvalue weighted by Gasteiger charge is 2.12. The van der Waals surface area contributed by atoms with Crippen molar-refractivity contribution in [1.29, 1.82) is 0 Å². The van der Waals surface area contributed by atoms with Gasteiger partial charge in [0, 0.05) is 17.5 Å². The molecule has 122 valence electrons. The Bertz CT molecular complexity index is 868. The lowest BCUT2D eigenvalue weighted by Gasteiger charge is -2.11. The van der Waals surface area contributed by atoms with Gasteiger partial charge in [-0.15, -0.1) is 0 Å². The highest BCUT2D eigenvalue weighted by Crippen LogP contribution is 2.20. The molecule has 0 aliphatic rings. The van der Waals surface area contributed by atoms with Crippen LogP contribution in [0.1, 0.15) is 16.1 Å². The summed E-state index contributed by atoms with van der Waals surface area (Å²) in [5.41, 5.74) is 1.44. The molecule has 24 heavy (non-hydrogen) atoms. The monoisotopic (exact) mass is 328 g/mol. The van der Waals surface area contributed by atoms with Gasteiger partial charge in [-0.25, -0.2) is 4.98 Å². The molecule has 0 atom stereocenters. The van der Waals surface area contributed by atoms with Crippen molar-refractivity contribution in [3.05, 3.63) is 71.9 Å². The van der Waals surface area contributed by atoms with Crippen LogP contribution in [-0.2, 0) is 6.54 Å². The first-order chi connectivity index (χ1) is 11.6. The van der Waals surface area contributed by atoms with E-state index in [1.54, 1.807) is 24.3 Å². The Morgan fingerprint density at radius 1 is 1.04 bits per heavy atom. The number of carbonyl (C=O) groups excluding carboxylic acids is 1. The summed E-state index contributed by atoms with van der Waals surface area (Å²) < 4.78 is 29.2. The molecular formula is C18H14F2N2O2. The van der Waals surface area contributed by atoms with Crippen molar-refractivity contribution in [2.75, 3.05) is 0 Å². The number of alkyl halides is 2. The maximum absolute atomic E-state index is 12.4. The van der Waals surface area contributed by atoms with E-state index in [1.807, 2.05) is 30.3 Å². The number of hydrogen-bond acceptors (Lipinski definition) is 3. The molecule has 0 saturated carbocycles. The summed E-state index contributed by atoms with van der Waals surface area (Å²) in [7, 11) is 0. The summed E-state index contributed by atoms with van der Waals surface area (Å²) in [6.45, 7) is -2.85. The highest BCUT2D eigenvalue weighted by molar-refractivity contribution is 5.94. The van der Waals surface area contributed by atoms with Crippen LogP contribution < -0.4 is 10.1 Å². The molecule has 0 spiro atoms. The largest absolute Gasteiger partial charge is 0.434 e. The molecule has 2 aromatic carbocycles. The van der Waals surface area contributed by atoms with Crippen LogP contribution in [0.4, 0.5) is 8.78 Å². The summed E-state index contributed by atoms with van der Waals surface area (Å²) in [5, 5.41) is 3.60. The van der Waals surface area contributed by atoms with Crippen LogP contribution in [0.3, 0.4) is 0 Å². The lowest BCUT2D eigenvalue weighted by atomic mass is 10.2. The van der Waals surface area contributed by atoms with E-state index in [0.29, 0.717) is 11.1 Å². The number of aromatic nitrogens is 1. The van der Waals surface area contributed by atoms with Crippen LogP contribution in [0.15, 0.2) is 60.7 Å². The van der Waals surface area contributed by atoms with E-state index in [0.717, 1.165) is 5.39 Å². The van der Waals surface area contributed by atoms with Gasteiger partial charge in [0.15, 0.2) is 0 Å². The fourth-order valence-corrected chi connectivity index (χ4v) is 2.32. The molecule has 0 fully saturated rings. The molecule has 1 aromatic heterocycles. The normalized spacial score (nSPS) is 10.8. The van der Waals surface area contributed by atoms with Gasteiger partial charge < -0.3 is 10.1 Å². The maximum atomic E-state index is 12.4. The Morgan fingerprint density at radius 3 is 2.62 bits per heavy atom. The van der Waals surface area contributed by atoms with Crippen LogP contribution in [0.25, 0.3) is 10.9 Å². The van der Waals surface area contributed by atoms with Gasteiger partial charge in [-0.3, -0.25) is 4.79 Å². The van der Waals surface area contributed by atoms with Gasteiger partial charge in [0.05, 0.1) is 5.52 Å². The Morgan fingerprint density at radius 2 is 1.79 bits per heavy atom. The van der Waals surface area contributed by atoms with Crippen LogP contribution in [0, 0.1) is 0 Å². The third-order valence-corrected chi connectivity index (χ3v) is 3.46. The number of para-hydroxylation sites is 2. The zero-order valence-electron chi connectivity index (χ0n) is 12.6. The molecule has 6 heteroatoms. The van der Waals surface area contributed by atoms with E-state index in [1.165, 1.54) is 6.07 Å². The number of pyridine rings is 1. The molecule has 1 heterocycles. The number of ether oxygens (including phenoxy) is 1. The number of amides is 1. The van der Waals surface area contributed by atoms with E-state index in [-0.39, 0.29) is 23.9 Å². The minimum absolute atomic E-state index is 0.0410. The average molecular weight is 328 g/mol. The topological polar surface area (TPSA) is 51.2 Å². The molecular weight excluding hydrogens is 314 g/mol. The summed E-state index contributed by atoms with van der Waals surface area (Å²) in [6, 6.07) is 17.2. The fraction of sp³-hybridized carbons (Fsp3) is 0.111. The zero-order chi connectivity index (χ0) is 16.9. The van der Waals surface area contributed by atoms with E-state index < -0.39 is 6.61 Å². The molecule has 3 aromatic rings. The van der Waals surface area contributed by atoms with Crippen molar-refractivity contribution in [2.45, 2.75) is 13.2 Å². The van der Waals surface area contributed by atoms with Crippen molar-refractivity contribution in [2.24, 2.45) is 0 Å². The molecule has 1 amide bonds. The Hall–Kier alpha value is -3.02. The summed E-state index contributed by atoms with van der Waals surface area (Å²) in [5.74, 6) is -0.341. The van der Waals surface area contributed by atoms with Crippen molar-refractivity contribution in [3.63, 3.8) is 0 Å². The SMILES string of the molecule is O=C(NCc1ccccc1OC(F)F)c1ccc2ccccc2n1. The average Bonchev–Trinajstić information content (AvgIpc) is 2.60. The number of carbonyl (C=O) groups is 1. The standard InChI is InChI=1S/C18H14F2N2O2/c19-18(20)24-16-8-4-2-6-13(16)11-21-17(23)15-10-9-12-5-1-3-7-14(12)22-15/h1-10,18H,11H2,(H,21,23). The third-order valence-electron chi connectivity index (χ3n) is 3.46. The predicted octanol–water partition coefficient (Wildman–Crippen LogP) is 3.77. The number of benzene rings is 2. The number of fused-ring (bicyclic) bond motifs is 1. The van der Waals surface area contributed by atoms with Gasteiger partial charge in [0.25, 0.3) is 5.91 Å². The second-order valence-electron chi connectivity index (χ2n) is 5.06. The van der Waals surface area contributed by atoms with E-state index >= 15 is 0 Å². The third kappa shape index (κ3) is 3.65. The molecule has 0 aliphatic carbocycles. The van der Waals surface area contributed by atoms with Crippen molar-refractivity contribution in [1.82, 2.24) is 10.3 Å². The number of nitrogens with one attached hydrogen (secondary N) is 1. The highest BCUT2D eigenvalue weighted by atomic mass is 19.3. The smallest absolute Gasteiger partial charge is 0.387 e. The quantitative estimate of drug-likeness (QED) is 0.776. The van der Waals surface area contributed by atoms with Crippen LogP contribution in [0.5, 0.6) is 5.75 Å². The van der Waals surface area contributed by atoms with Gasteiger partial charge >= 0.3 is 6.61 Å². The number of halogens is 2. The molecule has 0 unspecified atom stereocenters. The predicted molar refractivity (Wildman–Crippen MR) is 86.0 cm³/mol. The minimum atomic E-state index is -2.91. The summed E-state index contributed by atoms with van der Waals surface area (Å²) >= 11 is 0. The van der Waals surface area contributed by atoms with Gasteiger partial charge in [-0.1, -0.05) is 42.5 Å². The molecule has 3 rings (SSSR count). The molecule has 0 saturated heterocycles. The van der Waals surface area contributed by atoms with Gasteiger partial charge in [0.2, 0.25) is 0 Å². The van der Waals surface area contributed by atoms with Crippen molar-refractivity contribution >= 4 is 16.8 Å². The van der Waals surface area contributed by atoms with Gasteiger partial charge in [-0.05, 0) is 18.2 Å². The number of nitrogens with zero attached hydrogens (tertiary/aromatic N) is 1. The molecule has 0 aliphatic heterocycles. The van der Waals surface area contributed by atoms with Crippen LogP contribution >= 0.6 is 0 Å². The van der Waals surface area contributed by atoms with E-state index in [9.17, 15) is 13.6 Å². The van der Waals surface area contributed by atoms with Crippen LogP contribution in [0.2, 0.25) is 0 Å². The first-order valence-corrected chi connectivity index (χ1v) is 7.30. The Labute approximate surface area is 137 Å². The maximum Gasteiger partial charge on any atom is 0.387 e. The van der Waals surface area contributed by atoms with E-state index in [2.05, 4.69) is 15.0 Å². The van der Waals surface area contributed by atoms with Gasteiger partial charge in [-0.2, -0.15) is 8.78 Å². The summed E-state index contributed by atoms with van der Waals surface area (Å²) in [4.78, 5) is 16.5. The first-order valence-electron chi connectivity index (χ1n) is 7.30. The van der Waals surface area contributed by atoms with Crippen molar-refractivity contribution in [3.8, 4) is 5.75 Å². The summed E-state index contributed by atoms with van der Waals surface area (Å²) in [6.07, 6.45) is 0. The van der Waals surface area contributed by atoms with Crippen molar-refractivity contribution < 1.29 is 18.3 Å². The second kappa shape index (κ2) is 7.04.